The predicted octanol–water partition coefficient (Wildman–Crippen LogP) is 5.99. The Balaban J connectivity index is 1.79. The van der Waals surface area contributed by atoms with Crippen molar-refractivity contribution in [1.82, 2.24) is 0 Å². The number of carboxylic acid groups (broad SMARTS) is 1. The standard InChI is InChI=1S/C24H22ClNO4/c1-15-5-4-6-21(16(15)2)26-13-18-11-20(25)23(22(12-18)29-3)30-14-17-7-9-19(10-8-17)24(27)28/h4-13H,14H2,1-3H3,(H,27,28). The van der Waals surface area contributed by atoms with Gasteiger partial charge in [0, 0.05) is 6.21 Å². The zero-order chi connectivity index (χ0) is 21.7. The van der Waals surface area contributed by atoms with E-state index in [2.05, 4.69) is 18.0 Å². The van der Waals surface area contributed by atoms with Gasteiger partial charge in [-0.3, -0.25) is 4.99 Å². The van der Waals surface area contributed by atoms with Crippen molar-refractivity contribution in [2.24, 2.45) is 4.99 Å². The molecule has 0 fully saturated rings. The van der Waals surface area contributed by atoms with Crippen LogP contribution >= 0.6 is 11.6 Å². The highest BCUT2D eigenvalue weighted by Crippen LogP contribution is 2.37. The Labute approximate surface area is 180 Å². The van der Waals surface area contributed by atoms with Crippen LogP contribution in [0.5, 0.6) is 11.5 Å². The first kappa shape index (κ1) is 21.4. The molecule has 6 heteroatoms. The molecule has 0 aliphatic carbocycles. The Bertz CT molecular complexity index is 1090. The zero-order valence-corrected chi connectivity index (χ0v) is 17.7. The predicted molar refractivity (Wildman–Crippen MR) is 119 cm³/mol. The molecular formula is C24H22ClNO4. The largest absolute Gasteiger partial charge is 0.493 e. The molecular weight excluding hydrogens is 402 g/mol. The van der Waals surface area contributed by atoms with Gasteiger partial charge in [0.2, 0.25) is 0 Å². The minimum atomic E-state index is -0.967. The number of benzene rings is 3. The van der Waals surface area contributed by atoms with Crippen LogP contribution in [0.1, 0.15) is 32.6 Å². The molecule has 0 heterocycles. The molecule has 3 rings (SSSR count). The van der Waals surface area contributed by atoms with Crippen molar-refractivity contribution >= 4 is 29.5 Å². The van der Waals surface area contributed by atoms with Crippen molar-refractivity contribution in [3.8, 4) is 11.5 Å². The maximum atomic E-state index is 11.0. The fourth-order valence-corrected chi connectivity index (χ4v) is 3.15. The average molecular weight is 424 g/mol. The topological polar surface area (TPSA) is 68.1 Å². The van der Waals surface area contributed by atoms with E-state index in [4.69, 9.17) is 26.2 Å². The van der Waals surface area contributed by atoms with Gasteiger partial charge in [0.1, 0.15) is 6.61 Å². The van der Waals surface area contributed by atoms with Crippen LogP contribution in [0.4, 0.5) is 5.69 Å². The molecule has 1 N–H and O–H groups in total. The highest BCUT2D eigenvalue weighted by molar-refractivity contribution is 6.32. The molecule has 3 aromatic rings. The molecule has 0 radical (unpaired) electrons. The Kier molecular flexibility index (Phi) is 6.75. The van der Waals surface area contributed by atoms with Crippen molar-refractivity contribution in [2.75, 3.05) is 7.11 Å². The number of aryl methyl sites for hydroxylation is 1. The first-order valence-corrected chi connectivity index (χ1v) is 9.69. The smallest absolute Gasteiger partial charge is 0.335 e. The highest BCUT2D eigenvalue weighted by Gasteiger charge is 2.12. The van der Waals surface area contributed by atoms with Crippen LogP contribution < -0.4 is 9.47 Å². The number of methoxy groups -OCH3 is 1. The van der Waals surface area contributed by atoms with Gasteiger partial charge in [-0.25, -0.2) is 4.79 Å². The van der Waals surface area contributed by atoms with E-state index in [0.717, 1.165) is 22.4 Å². The van der Waals surface area contributed by atoms with Crippen LogP contribution in [0.15, 0.2) is 59.6 Å². The van der Waals surface area contributed by atoms with Crippen LogP contribution in [0, 0.1) is 13.8 Å². The second kappa shape index (κ2) is 9.46. The van der Waals surface area contributed by atoms with Crippen molar-refractivity contribution in [3.05, 3.63) is 87.4 Å². The summed E-state index contributed by atoms with van der Waals surface area (Å²) < 4.78 is 11.3. The third-order valence-corrected chi connectivity index (χ3v) is 5.05. The van der Waals surface area contributed by atoms with E-state index in [-0.39, 0.29) is 12.2 Å². The average Bonchev–Trinajstić information content (AvgIpc) is 2.74. The number of halogens is 1. The zero-order valence-electron chi connectivity index (χ0n) is 17.0. The summed E-state index contributed by atoms with van der Waals surface area (Å²) in [5.41, 5.74) is 5.03. The summed E-state index contributed by atoms with van der Waals surface area (Å²) in [5.74, 6) is -0.0530. The first-order chi connectivity index (χ1) is 14.4. The van der Waals surface area contributed by atoms with E-state index >= 15 is 0 Å². The second-order valence-electron chi connectivity index (χ2n) is 6.80. The highest BCUT2D eigenvalue weighted by atomic mass is 35.5. The molecule has 0 saturated heterocycles. The van der Waals surface area contributed by atoms with E-state index in [1.54, 1.807) is 31.5 Å². The van der Waals surface area contributed by atoms with E-state index in [9.17, 15) is 4.79 Å². The van der Waals surface area contributed by atoms with E-state index in [0.29, 0.717) is 16.5 Å². The molecule has 0 aliphatic heterocycles. The van der Waals surface area contributed by atoms with Crippen molar-refractivity contribution in [3.63, 3.8) is 0 Å². The monoisotopic (exact) mass is 423 g/mol. The summed E-state index contributed by atoms with van der Waals surface area (Å²) in [6, 6.07) is 16.0. The molecule has 0 atom stereocenters. The maximum Gasteiger partial charge on any atom is 0.335 e. The van der Waals surface area contributed by atoms with Crippen molar-refractivity contribution in [2.45, 2.75) is 20.5 Å². The lowest BCUT2D eigenvalue weighted by atomic mass is 10.1. The molecule has 5 nitrogen and oxygen atoms in total. The van der Waals surface area contributed by atoms with Crippen LogP contribution in [0.25, 0.3) is 0 Å². The summed E-state index contributed by atoms with van der Waals surface area (Å²) in [5, 5.41) is 9.39. The normalized spacial score (nSPS) is 10.9. The lowest BCUT2D eigenvalue weighted by Gasteiger charge is -2.13. The molecule has 0 bridgehead atoms. The fourth-order valence-electron chi connectivity index (χ4n) is 2.87. The Morgan fingerprint density at radius 2 is 1.87 bits per heavy atom. The molecule has 30 heavy (non-hydrogen) atoms. The number of ether oxygens (including phenoxy) is 2. The fraction of sp³-hybridized carbons (Fsp3) is 0.167. The minimum Gasteiger partial charge on any atom is -0.493 e. The van der Waals surface area contributed by atoms with Gasteiger partial charge in [-0.05, 0) is 66.4 Å². The number of hydrogen-bond donors (Lipinski definition) is 1. The molecule has 0 aliphatic rings. The van der Waals surface area contributed by atoms with Crippen molar-refractivity contribution in [1.29, 1.82) is 0 Å². The van der Waals surface area contributed by atoms with Crippen LogP contribution in [0.2, 0.25) is 5.02 Å². The van der Waals surface area contributed by atoms with Crippen LogP contribution in [0.3, 0.4) is 0 Å². The number of carboxylic acids is 1. The van der Waals surface area contributed by atoms with Gasteiger partial charge in [-0.2, -0.15) is 0 Å². The molecule has 0 spiro atoms. The van der Waals surface area contributed by atoms with Gasteiger partial charge in [0.05, 0.1) is 23.4 Å². The van der Waals surface area contributed by atoms with Gasteiger partial charge < -0.3 is 14.6 Å². The number of hydrogen-bond acceptors (Lipinski definition) is 4. The summed E-state index contributed by atoms with van der Waals surface area (Å²) >= 11 is 6.44. The lowest BCUT2D eigenvalue weighted by molar-refractivity contribution is 0.0697. The number of aromatic carboxylic acids is 1. The third-order valence-electron chi connectivity index (χ3n) is 4.76. The van der Waals surface area contributed by atoms with Crippen LogP contribution in [-0.4, -0.2) is 24.4 Å². The summed E-state index contributed by atoms with van der Waals surface area (Å²) in [4.78, 5) is 15.5. The number of nitrogens with zero attached hydrogens (tertiary/aromatic N) is 1. The summed E-state index contributed by atoms with van der Waals surface area (Å²) in [6.07, 6.45) is 1.74. The first-order valence-electron chi connectivity index (χ1n) is 9.32. The number of rotatable bonds is 7. The minimum absolute atomic E-state index is 0.224. The molecule has 0 amide bonds. The molecule has 0 saturated carbocycles. The molecule has 0 aromatic heterocycles. The number of carbonyl (C=O) groups is 1. The molecule has 0 unspecified atom stereocenters. The van der Waals surface area contributed by atoms with Gasteiger partial charge in [0.25, 0.3) is 0 Å². The summed E-state index contributed by atoms with van der Waals surface area (Å²) in [6.45, 7) is 4.32. The van der Waals surface area contributed by atoms with Gasteiger partial charge in [0.15, 0.2) is 11.5 Å². The van der Waals surface area contributed by atoms with E-state index in [1.807, 2.05) is 25.1 Å². The van der Waals surface area contributed by atoms with E-state index < -0.39 is 5.97 Å². The SMILES string of the molecule is COc1cc(C=Nc2cccc(C)c2C)cc(Cl)c1OCc1ccc(C(=O)O)cc1. The Morgan fingerprint density at radius 1 is 1.13 bits per heavy atom. The van der Waals surface area contributed by atoms with E-state index in [1.165, 1.54) is 17.7 Å². The van der Waals surface area contributed by atoms with Gasteiger partial charge in [-0.1, -0.05) is 35.9 Å². The van der Waals surface area contributed by atoms with Gasteiger partial charge >= 0.3 is 5.97 Å². The third kappa shape index (κ3) is 4.99. The summed E-state index contributed by atoms with van der Waals surface area (Å²) in [7, 11) is 1.55. The van der Waals surface area contributed by atoms with Crippen LogP contribution in [-0.2, 0) is 6.61 Å². The van der Waals surface area contributed by atoms with Gasteiger partial charge in [-0.15, -0.1) is 0 Å². The molecule has 154 valence electrons. The quantitative estimate of drug-likeness (QED) is 0.473. The number of aliphatic imine (C=N–C) groups is 1. The Hall–Kier alpha value is -3.31. The lowest BCUT2D eigenvalue weighted by Crippen LogP contribution is -2.01. The second-order valence-corrected chi connectivity index (χ2v) is 7.21. The molecule has 3 aromatic carbocycles. The van der Waals surface area contributed by atoms with Crippen molar-refractivity contribution < 1.29 is 19.4 Å². The Morgan fingerprint density at radius 3 is 2.53 bits per heavy atom. The maximum absolute atomic E-state index is 11.0.